The van der Waals surface area contributed by atoms with Crippen LogP contribution in [0.2, 0.25) is 4.34 Å². The van der Waals surface area contributed by atoms with E-state index in [9.17, 15) is 0 Å². The number of nitrogens with zero attached hydrogens (tertiary/aromatic N) is 1. The van der Waals surface area contributed by atoms with E-state index < -0.39 is 0 Å². The first-order valence-electron chi connectivity index (χ1n) is 6.09. The molecule has 0 bridgehead atoms. The highest BCUT2D eigenvalue weighted by molar-refractivity contribution is 9.10. The smallest absolute Gasteiger partial charge is 0.107 e. The van der Waals surface area contributed by atoms with Gasteiger partial charge in [-0.1, -0.05) is 18.5 Å². The van der Waals surface area contributed by atoms with Crippen LogP contribution in [0.5, 0.6) is 0 Å². The summed E-state index contributed by atoms with van der Waals surface area (Å²) in [5.41, 5.74) is 0. The Labute approximate surface area is 120 Å². The lowest BCUT2D eigenvalue weighted by atomic mass is 10.2. The fraction of sp³-hybridized carbons (Fsp3) is 0.667. The zero-order valence-corrected chi connectivity index (χ0v) is 13.2. The Bertz CT molecular complexity index is 344. The molecule has 0 amide bonds. The molecule has 1 aromatic rings. The second-order valence-electron chi connectivity index (χ2n) is 4.45. The van der Waals surface area contributed by atoms with Crippen molar-refractivity contribution in [2.75, 3.05) is 19.6 Å². The number of halogens is 2. The number of nitrogens with one attached hydrogen (secondary N) is 1. The van der Waals surface area contributed by atoms with Crippen LogP contribution in [0.1, 0.15) is 24.6 Å². The van der Waals surface area contributed by atoms with Crippen molar-refractivity contribution in [1.82, 2.24) is 10.2 Å². The van der Waals surface area contributed by atoms with Crippen LogP contribution >= 0.6 is 38.9 Å². The summed E-state index contributed by atoms with van der Waals surface area (Å²) in [4.78, 5) is 3.93. The molecule has 0 spiro atoms. The summed E-state index contributed by atoms with van der Waals surface area (Å²) in [6, 6.07) is 2.84. The van der Waals surface area contributed by atoms with Crippen LogP contribution in [0.15, 0.2) is 10.5 Å². The van der Waals surface area contributed by atoms with Gasteiger partial charge in [-0.05, 0) is 47.9 Å². The van der Waals surface area contributed by atoms with Crippen molar-refractivity contribution in [1.29, 1.82) is 0 Å². The second-order valence-corrected chi connectivity index (χ2v) is 7.04. The Kier molecular flexibility index (Phi) is 5.30. The molecule has 1 saturated heterocycles. The zero-order chi connectivity index (χ0) is 12.3. The lowest BCUT2D eigenvalue weighted by Gasteiger charge is -2.27. The monoisotopic (exact) mass is 336 g/mol. The predicted molar refractivity (Wildman–Crippen MR) is 79.0 cm³/mol. The van der Waals surface area contributed by atoms with Crippen LogP contribution in [-0.4, -0.2) is 30.6 Å². The third-order valence-electron chi connectivity index (χ3n) is 3.12. The van der Waals surface area contributed by atoms with Crippen molar-refractivity contribution in [2.45, 2.75) is 32.4 Å². The minimum Gasteiger partial charge on any atom is -0.315 e. The molecule has 96 valence electrons. The van der Waals surface area contributed by atoms with Crippen molar-refractivity contribution < 1.29 is 0 Å². The normalized spacial score (nSPS) is 20.4. The molecule has 2 heterocycles. The Hall–Kier alpha value is 0.390. The Morgan fingerprint density at radius 2 is 2.47 bits per heavy atom. The Morgan fingerprint density at radius 3 is 3.00 bits per heavy atom. The molecular weight excluding hydrogens is 320 g/mol. The summed E-state index contributed by atoms with van der Waals surface area (Å²) < 4.78 is 1.89. The molecule has 0 aromatic carbocycles. The highest BCUT2D eigenvalue weighted by Crippen LogP contribution is 2.33. The van der Waals surface area contributed by atoms with Gasteiger partial charge in [-0.3, -0.25) is 4.90 Å². The summed E-state index contributed by atoms with van der Waals surface area (Å²) >= 11 is 11.3. The van der Waals surface area contributed by atoms with E-state index in [1.54, 1.807) is 11.3 Å². The van der Waals surface area contributed by atoms with Crippen LogP contribution < -0.4 is 5.32 Å². The Balaban J connectivity index is 2.01. The molecule has 0 radical (unpaired) electrons. The molecule has 1 aliphatic heterocycles. The van der Waals surface area contributed by atoms with Gasteiger partial charge in [0.05, 0.1) is 0 Å². The van der Waals surface area contributed by atoms with Gasteiger partial charge in [0.1, 0.15) is 4.34 Å². The van der Waals surface area contributed by atoms with Gasteiger partial charge in [0, 0.05) is 28.5 Å². The van der Waals surface area contributed by atoms with Gasteiger partial charge < -0.3 is 5.32 Å². The lowest BCUT2D eigenvalue weighted by molar-refractivity contribution is 0.201. The molecule has 5 heteroatoms. The minimum atomic E-state index is 0.689. The SMILES string of the molecule is CCCN(Cc1cc(Br)c(Cl)s1)C1CCNC1. The molecule has 1 N–H and O–H groups in total. The summed E-state index contributed by atoms with van der Waals surface area (Å²) in [7, 11) is 0. The molecule has 1 atom stereocenters. The van der Waals surface area contributed by atoms with Crippen LogP contribution in [0, 0.1) is 0 Å². The van der Waals surface area contributed by atoms with Crippen LogP contribution in [0.25, 0.3) is 0 Å². The maximum absolute atomic E-state index is 6.09. The molecule has 0 saturated carbocycles. The van der Waals surface area contributed by atoms with E-state index in [1.807, 2.05) is 0 Å². The number of hydrogen-bond donors (Lipinski definition) is 1. The molecule has 1 fully saturated rings. The summed E-state index contributed by atoms with van der Waals surface area (Å²) in [5, 5.41) is 3.44. The predicted octanol–water partition coefficient (Wildman–Crippen LogP) is 3.74. The topological polar surface area (TPSA) is 15.3 Å². The average molecular weight is 338 g/mol. The highest BCUT2D eigenvalue weighted by atomic mass is 79.9. The molecule has 2 nitrogen and oxygen atoms in total. The fourth-order valence-electron chi connectivity index (χ4n) is 2.30. The molecule has 1 aromatic heterocycles. The molecule has 17 heavy (non-hydrogen) atoms. The van der Waals surface area contributed by atoms with E-state index in [0.29, 0.717) is 6.04 Å². The third kappa shape index (κ3) is 3.67. The van der Waals surface area contributed by atoms with Crippen molar-refractivity contribution in [3.05, 3.63) is 19.8 Å². The van der Waals surface area contributed by atoms with Gasteiger partial charge in [0.25, 0.3) is 0 Å². The molecule has 1 aliphatic rings. The standard InChI is InChI=1S/C12H18BrClN2S/c1-2-5-16(9-3-4-15-7-9)8-10-6-11(13)12(14)17-10/h6,9,15H,2-5,7-8H2,1H3. The third-order valence-corrected chi connectivity index (χ3v) is 5.58. The van der Waals surface area contributed by atoms with Gasteiger partial charge in [0.2, 0.25) is 0 Å². The first kappa shape index (κ1) is 13.8. The first-order valence-corrected chi connectivity index (χ1v) is 8.08. The van der Waals surface area contributed by atoms with Crippen LogP contribution in [0.3, 0.4) is 0 Å². The maximum atomic E-state index is 6.09. The van der Waals surface area contributed by atoms with Gasteiger partial charge in [-0.2, -0.15) is 0 Å². The van der Waals surface area contributed by atoms with Crippen molar-refractivity contribution in [3.8, 4) is 0 Å². The number of thiophene rings is 1. The lowest BCUT2D eigenvalue weighted by Crippen LogP contribution is -2.36. The van der Waals surface area contributed by atoms with E-state index in [2.05, 4.69) is 39.1 Å². The first-order chi connectivity index (χ1) is 8.20. The summed E-state index contributed by atoms with van der Waals surface area (Å²) in [6.45, 7) is 6.71. The van der Waals surface area contributed by atoms with Crippen molar-refractivity contribution in [2.24, 2.45) is 0 Å². The van der Waals surface area contributed by atoms with Gasteiger partial charge in [0.15, 0.2) is 0 Å². The van der Waals surface area contributed by atoms with E-state index in [4.69, 9.17) is 11.6 Å². The fourth-order valence-corrected chi connectivity index (χ4v) is 4.11. The van der Waals surface area contributed by atoms with E-state index in [0.717, 1.165) is 28.4 Å². The van der Waals surface area contributed by atoms with Crippen molar-refractivity contribution in [3.63, 3.8) is 0 Å². The number of hydrogen-bond acceptors (Lipinski definition) is 3. The second kappa shape index (κ2) is 6.53. The van der Waals surface area contributed by atoms with Gasteiger partial charge in [-0.15, -0.1) is 11.3 Å². The maximum Gasteiger partial charge on any atom is 0.107 e. The molecule has 2 rings (SSSR count). The van der Waals surface area contributed by atoms with Crippen LogP contribution in [0.4, 0.5) is 0 Å². The summed E-state index contributed by atoms with van der Waals surface area (Å²) in [5.74, 6) is 0. The average Bonchev–Trinajstić information content (AvgIpc) is 2.89. The van der Waals surface area contributed by atoms with Gasteiger partial charge >= 0.3 is 0 Å². The molecule has 0 aliphatic carbocycles. The van der Waals surface area contributed by atoms with Gasteiger partial charge in [-0.25, -0.2) is 0 Å². The molecule has 1 unspecified atom stereocenters. The van der Waals surface area contributed by atoms with Crippen LogP contribution in [-0.2, 0) is 6.54 Å². The Morgan fingerprint density at radius 1 is 1.65 bits per heavy atom. The van der Waals surface area contributed by atoms with E-state index >= 15 is 0 Å². The van der Waals surface area contributed by atoms with E-state index in [1.165, 1.54) is 24.3 Å². The quantitative estimate of drug-likeness (QED) is 0.880. The largest absolute Gasteiger partial charge is 0.315 e. The molecular formula is C12H18BrClN2S. The van der Waals surface area contributed by atoms with E-state index in [-0.39, 0.29) is 0 Å². The number of rotatable bonds is 5. The summed E-state index contributed by atoms with van der Waals surface area (Å²) in [6.07, 6.45) is 2.47. The zero-order valence-electron chi connectivity index (χ0n) is 10.0. The highest BCUT2D eigenvalue weighted by Gasteiger charge is 2.22. The minimum absolute atomic E-state index is 0.689. The van der Waals surface area contributed by atoms with Crippen molar-refractivity contribution >= 4 is 38.9 Å².